The van der Waals surface area contributed by atoms with Crippen molar-refractivity contribution >= 4 is 0 Å². The number of hydrogen-bond donors (Lipinski definition) is 3. The molecule has 0 aliphatic carbocycles. The molecule has 1 aromatic rings. The van der Waals surface area contributed by atoms with Crippen LogP contribution in [0.1, 0.15) is 18.5 Å². The Bertz CT molecular complexity index is 302. The first kappa shape index (κ1) is 10.8. The van der Waals surface area contributed by atoms with Crippen molar-refractivity contribution < 1.29 is 9.84 Å². The summed E-state index contributed by atoms with van der Waals surface area (Å²) in [6.07, 6.45) is 0. The van der Waals surface area contributed by atoms with Crippen LogP contribution in [-0.2, 0) is 0 Å². The monoisotopic (exact) mass is 196 g/mol. The van der Waals surface area contributed by atoms with E-state index in [2.05, 4.69) is 0 Å². The third-order valence-corrected chi connectivity index (χ3v) is 1.97. The molecular weight excluding hydrogens is 180 g/mol. The highest BCUT2D eigenvalue weighted by atomic mass is 16.5. The molecule has 0 fully saturated rings. The minimum absolute atomic E-state index is 0.125. The van der Waals surface area contributed by atoms with Crippen molar-refractivity contribution in [1.29, 1.82) is 0 Å². The molecule has 0 aliphatic rings. The zero-order chi connectivity index (χ0) is 10.6. The molecule has 4 nitrogen and oxygen atoms in total. The van der Waals surface area contributed by atoms with E-state index in [1.54, 1.807) is 18.2 Å². The maximum Gasteiger partial charge on any atom is 0.161 e. The van der Waals surface area contributed by atoms with Crippen LogP contribution in [0.5, 0.6) is 11.5 Å². The van der Waals surface area contributed by atoms with E-state index in [-0.39, 0.29) is 11.8 Å². The average Bonchev–Trinajstić information content (AvgIpc) is 2.20. The Balaban J connectivity index is 2.93. The van der Waals surface area contributed by atoms with Gasteiger partial charge in [-0.05, 0) is 24.6 Å². The summed E-state index contributed by atoms with van der Waals surface area (Å²) in [7, 11) is 0. The van der Waals surface area contributed by atoms with Gasteiger partial charge in [-0.1, -0.05) is 6.07 Å². The normalized spacial score (nSPS) is 12.5. The van der Waals surface area contributed by atoms with Crippen LogP contribution >= 0.6 is 0 Å². The third-order valence-electron chi connectivity index (χ3n) is 1.97. The number of phenolic OH excluding ortho intramolecular Hbond substituents is 1. The van der Waals surface area contributed by atoms with Gasteiger partial charge in [0.1, 0.15) is 0 Å². The quantitative estimate of drug-likeness (QED) is 0.663. The van der Waals surface area contributed by atoms with Crippen molar-refractivity contribution in [3.05, 3.63) is 23.8 Å². The van der Waals surface area contributed by atoms with Crippen LogP contribution in [-0.4, -0.2) is 18.3 Å². The van der Waals surface area contributed by atoms with Gasteiger partial charge in [0.15, 0.2) is 11.5 Å². The molecule has 0 saturated carbocycles. The van der Waals surface area contributed by atoms with Gasteiger partial charge in [-0.2, -0.15) is 0 Å². The van der Waals surface area contributed by atoms with Gasteiger partial charge in [0.2, 0.25) is 0 Å². The Morgan fingerprint density at radius 2 is 2.21 bits per heavy atom. The fraction of sp³-hybridized carbons (Fsp3) is 0.400. The van der Waals surface area contributed by atoms with Gasteiger partial charge in [-0.3, -0.25) is 0 Å². The van der Waals surface area contributed by atoms with Crippen LogP contribution in [0.2, 0.25) is 0 Å². The second kappa shape index (κ2) is 4.83. The molecule has 1 atom stereocenters. The molecule has 1 rings (SSSR count). The fourth-order valence-corrected chi connectivity index (χ4v) is 1.17. The highest BCUT2D eigenvalue weighted by molar-refractivity contribution is 5.42. The Labute approximate surface area is 83.5 Å². The zero-order valence-electron chi connectivity index (χ0n) is 8.23. The summed E-state index contributed by atoms with van der Waals surface area (Å²) in [5.74, 6) is 0.578. The Kier molecular flexibility index (Phi) is 3.73. The molecule has 0 aromatic heterocycles. The SMILES string of the molecule is CCOc1cc([C@@H](N)CN)ccc1O. The van der Waals surface area contributed by atoms with Crippen molar-refractivity contribution in [2.24, 2.45) is 11.5 Å². The number of hydrogen-bond acceptors (Lipinski definition) is 4. The van der Waals surface area contributed by atoms with Gasteiger partial charge >= 0.3 is 0 Å². The lowest BCUT2D eigenvalue weighted by molar-refractivity contribution is 0.317. The molecule has 0 unspecified atom stereocenters. The van der Waals surface area contributed by atoms with Crippen LogP contribution < -0.4 is 16.2 Å². The molecule has 0 heterocycles. The van der Waals surface area contributed by atoms with Crippen molar-refractivity contribution in [3.8, 4) is 11.5 Å². The lowest BCUT2D eigenvalue weighted by atomic mass is 10.1. The van der Waals surface area contributed by atoms with Crippen LogP contribution in [0, 0.1) is 0 Å². The van der Waals surface area contributed by atoms with Crippen LogP contribution in [0.15, 0.2) is 18.2 Å². The average molecular weight is 196 g/mol. The highest BCUT2D eigenvalue weighted by Gasteiger charge is 2.08. The first-order valence-electron chi connectivity index (χ1n) is 4.60. The van der Waals surface area contributed by atoms with Crippen LogP contribution in [0.25, 0.3) is 0 Å². The minimum Gasteiger partial charge on any atom is -0.504 e. The molecule has 0 bridgehead atoms. The van der Waals surface area contributed by atoms with Crippen LogP contribution in [0.4, 0.5) is 0 Å². The number of ether oxygens (including phenoxy) is 1. The predicted molar refractivity (Wildman–Crippen MR) is 55.3 cm³/mol. The maximum absolute atomic E-state index is 9.42. The van der Waals surface area contributed by atoms with E-state index >= 15 is 0 Å². The number of rotatable bonds is 4. The molecule has 0 radical (unpaired) electrons. The molecule has 5 N–H and O–H groups in total. The lowest BCUT2D eigenvalue weighted by Gasteiger charge is -2.12. The first-order chi connectivity index (χ1) is 6.69. The number of aromatic hydroxyl groups is 1. The van der Waals surface area contributed by atoms with Gasteiger partial charge in [-0.15, -0.1) is 0 Å². The Hall–Kier alpha value is -1.26. The predicted octanol–water partition coefficient (Wildman–Crippen LogP) is 0.749. The molecule has 4 heteroatoms. The van der Waals surface area contributed by atoms with Crippen LogP contribution in [0.3, 0.4) is 0 Å². The number of phenols is 1. The van der Waals surface area contributed by atoms with Crippen molar-refractivity contribution in [2.75, 3.05) is 13.2 Å². The number of nitrogens with two attached hydrogens (primary N) is 2. The molecular formula is C10H16N2O2. The van der Waals surface area contributed by atoms with Crippen molar-refractivity contribution in [1.82, 2.24) is 0 Å². The highest BCUT2D eigenvalue weighted by Crippen LogP contribution is 2.28. The Morgan fingerprint density at radius 1 is 1.50 bits per heavy atom. The fourth-order valence-electron chi connectivity index (χ4n) is 1.17. The van der Waals surface area contributed by atoms with Gasteiger partial charge in [-0.25, -0.2) is 0 Å². The molecule has 78 valence electrons. The molecule has 0 aliphatic heterocycles. The van der Waals surface area contributed by atoms with Gasteiger partial charge in [0, 0.05) is 12.6 Å². The Morgan fingerprint density at radius 3 is 2.79 bits per heavy atom. The molecule has 0 amide bonds. The summed E-state index contributed by atoms with van der Waals surface area (Å²) in [4.78, 5) is 0. The van der Waals surface area contributed by atoms with Gasteiger partial charge < -0.3 is 21.3 Å². The van der Waals surface area contributed by atoms with E-state index in [9.17, 15) is 5.11 Å². The third kappa shape index (κ3) is 2.37. The summed E-state index contributed by atoms with van der Waals surface area (Å²) in [5, 5.41) is 9.42. The molecule has 1 aromatic carbocycles. The summed E-state index contributed by atoms with van der Waals surface area (Å²) >= 11 is 0. The van der Waals surface area contributed by atoms with Gasteiger partial charge in [0.25, 0.3) is 0 Å². The minimum atomic E-state index is -0.213. The van der Waals surface area contributed by atoms with E-state index < -0.39 is 0 Å². The van der Waals surface area contributed by atoms with Gasteiger partial charge in [0.05, 0.1) is 6.61 Å². The second-order valence-corrected chi connectivity index (χ2v) is 3.00. The van der Waals surface area contributed by atoms with E-state index in [0.29, 0.717) is 18.9 Å². The summed E-state index contributed by atoms with van der Waals surface area (Å²) < 4.78 is 5.23. The lowest BCUT2D eigenvalue weighted by Crippen LogP contribution is -2.20. The standard InChI is InChI=1S/C10H16N2O2/c1-2-14-10-5-7(8(12)6-11)3-4-9(10)13/h3-5,8,13H,2,6,11-12H2,1H3/t8-/m0/s1. The van der Waals surface area contributed by atoms with E-state index in [4.69, 9.17) is 16.2 Å². The molecule has 0 spiro atoms. The summed E-state index contributed by atoms with van der Waals surface area (Å²) in [6.45, 7) is 2.74. The number of benzene rings is 1. The summed E-state index contributed by atoms with van der Waals surface area (Å²) in [5.41, 5.74) is 12.1. The molecule has 0 saturated heterocycles. The first-order valence-corrected chi connectivity index (χ1v) is 4.60. The topological polar surface area (TPSA) is 81.5 Å². The van der Waals surface area contributed by atoms with E-state index in [1.165, 1.54) is 0 Å². The van der Waals surface area contributed by atoms with Crippen molar-refractivity contribution in [3.63, 3.8) is 0 Å². The van der Waals surface area contributed by atoms with Crippen molar-refractivity contribution in [2.45, 2.75) is 13.0 Å². The largest absolute Gasteiger partial charge is 0.504 e. The van der Waals surface area contributed by atoms with E-state index in [0.717, 1.165) is 5.56 Å². The maximum atomic E-state index is 9.42. The smallest absolute Gasteiger partial charge is 0.161 e. The second-order valence-electron chi connectivity index (χ2n) is 3.00. The van der Waals surface area contributed by atoms with E-state index in [1.807, 2.05) is 6.92 Å². The molecule has 14 heavy (non-hydrogen) atoms. The zero-order valence-corrected chi connectivity index (χ0v) is 8.23. The summed E-state index contributed by atoms with van der Waals surface area (Å²) in [6, 6.07) is 4.82.